The summed E-state index contributed by atoms with van der Waals surface area (Å²) in [5.41, 5.74) is -0.0547. The van der Waals surface area contributed by atoms with Gasteiger partial charge in [-0.15, -0.1) is 0 Å². The Kier molecular flexibility index (Phi) is 5.25. The zero-order chi connectivity index (χ0) is 14.4. The molecule has 0 radical (unpaired) electrons. The van der Waals surface area contributed by atoms with E-state index in [-0.39, 0.29) is 11.8 Å². The van der Waals surface area contributed by atoms with Crippen LogP contribution in [0.15, 0.2) is 12.4 Å². The first-order chi connectivity index (χ1) is 9.66. The second-order valence-corrected chi connectivity index (χ2v) is 4.94. The van der Waals surface area contributed by atoms with E-state index < -0.39 is 5.97 Å². The number of nitrogens with zero attached hydrogens (tertiary/aromatic N) is 3. The second kappa shape index (κ2) is 7.16. The van der Waals surface area contributed by atoms with Gasteiger partial charge in [0.2, 0.25) is 0 Å². The van der Waals surface area contributed by atoms with Gasteiger partial charge in [-0.2, -0.15) is 0 Å². The molecule has 1 saturated heterocycles. The summed E-state index contributed by atoms with van der Waals surface area (Å²) in [6.07, 6.45) is 5.40. The van der Waals surface area contributed by atoms with Crippen LogP contribution in [-0.4, -0.2) is 63.3 Å². The highest BCUT2D eigenvalue weighted by atomic mass is 16.4. The molecular weight excluding hydrogens is 260 g/mol. The van der Waals surface area contributed by atoms with Gasteiger partial charge in [-0.25, -0.2) is 14.8 Å². The standard InChI is InChI=1S/C13H20N4O3/c18-10-3-1-7-17(9-10)8-2-4-15-12-11(13(19)20)14-5-6-16-12/h5-6,10,18H,1-4,7-9H2,(H,15,16)(H,19,20). The average molecular weight is 280 g/mol. The Morgan fingerprint density at radius 2 is 2.25 bits per heavy atom. The summed E-state index contributed by atoms with van der Waals surface area (Å²) >= 11 is 0. The van der Waals surface area contributed by atoms with Gasteiger partial charge >= 0.3 is 5.97 Å². The molecule has 0 aromatic carbocycles. The molecule has 0 aliphatic carbocycles. The number of hydrogen-bond donors (Lipinski definition) is 3. The highest BCUT2D eigenvalue weighted by Crippen LogP contribution is 2.11. The van der Waals surface area contributed by atoms with Crippen molar-refractivity contribution in [3.8, 4) is 0 Å². The minimum Gasteiger partial charge on any atom is -0.476 e. The molecule has 2 heterocycles. The molecule has 3 N–H and O–H groups in total. The first kappa shape index (κ1) is 14.7. The number of aliphatic hydroxyl groups is 1. The predicted molar refractivity (Wildman–Crippen MR) is 73.8 cm³/mol. The fraction of sp³-hybridized carbons (Fsp3) is 0.615. The van der Waals surface area contributed by atoms with E-state index in [0.29, 0.717) is 12.4 Å². The first-order valence-corrected chi connectivity index (χ1v) is 6.85. The predicted octanol–water partition coefficient (Wildman–Crippen LogP) is 0.433. The lowest BCUT2D eigenvalue weighted by Crippen LogP contribution is -2.39. The van der Waals surface area contributed by atoms with Crippen LogP contribution in [0, 0.1) is 0 Å². The Labute approximate surface area is 117 Å². The number of β-amino-alcohol motifs (C(OH)–C–C–N with tert-alkyl or cyclic N) is 1. The summed E-state index contributed by atoms with van der Waals surface area (Å²) in [6.45, 7) is 3.26. The van der Waals surface area contributed by atoms with Crippen molar-refractivity contribution in [2.45, 2.75) is 25.4 Å². The van der Waals surface area contributed by atoms with Crippen LogP contribution in [0.25, 0.3) is 0 Å². The number of carbonyl (C=O) groups is 1. The van der Waals surface area contributed by atoms with Crippen molar-refractivity contribution in [1.82, 2.24) is 14.9 Å². The number of aromatic carboxylic acids is 1. The van der Waals surface area contributed by atoms with Crippen LogP contribution < -0.4 is 5.32 Å². The lowest BCUT2D eigenvalue weighted by Gasteiger charge is -2.29. The molecule has 1 aromatic rings. The van der Waals surface area contributed by atoms with E-state index in [0.717, 1.165) is 38.9 Å². The van der Waals surface area contributed by atoms with Crippen molar-refractivity contribution in [1.29, 1.82) is 0 Å². The van der Waals surface area contributed by atoms with E-state index in [2.05, 4.69) is 20.2 Å². The number of carboxylic acid groups (broad SMARTS) is 1. The summed E-state index contributed by atoms with van der Waals surface area (Å²) in [4.78, 5) is 21.0. The largest absolute Gasteiger partial charge is 0.476 e. The minimum atomic E-state index is -1.08. The van der Waals surface area contributed by atoms with E-state index in [1.54, 1.807) is 0 Å². The molecule has 1 aromatic heterocycles. The number of anilines is 1. The van der Waals surface area contributed by atoms with Crippen LogP contribution in [0.5, 0.6) is 0 Å². The van der Waals surface area contributed by atoms with Crippen LogP contribution in [0.2, 0.25) is 0 Å². The van der Waals surface area contributed by atoms with E-state index in [4.69, 9.17) is 5.11 Å². The van der Waals surface area contributed by atoms with E-state index in [1.165, 1.54) is 12.4 Å². The molecule has 1 unspecified atom stereocenters. The smallest absolute Gasteiger partial charge is 0.358 e. The highest BCUT2D eigenvalue weighted by molar-refractivity contribution is 5.90. The van der Waals surface area contributed by atoms with Gasteiger partial charge in [0.1, 0.15) is 0 Å². The quantitative estimate of drug-likeness (QED) is 0.650. The fourth-order valence-electron chi connectivity index (χ4n) is 2.37. The van der Waals surface area contributed by atoms with Crippen molar-refractivity contribution in [3.63, 3.8) is 0 Å². The van der Waals surface area contributed by atoms with Gasteiger partial charge in [0.15, 0.2) is 11.5 Å². The molecule has 1 aliphatic heterocycles. The molecule has 0 amide bonds. The summed E-state index contributed by atoms with van der Waals surface area (Å²) in [5, 5.41) is 21.5. The molecule has 0 spiro atoms. The molecule has 7 nitrogen and oxygen atoms in total. The lowest BCUT2D eigenvalue weighted by molar-refractivity contribution is 0.0688. The highest BCUT2D eigenvalue weighted by Gasteiger charge is 2.17. The third-order valence-corrected chi connectivity index (χ3v) is 3.33. The molecule has 20 heavy (non-hydrogen) atoms. The second-order valence-electron chi connectivity index (χ2n) is 4.94. The zero-order valence-corrected chi connectivity index (χ0v) is 11.3. The molecular formula is C13H20N4O3. The number of piperidine rings is 1. The number of aliphatic hydroxyl groups excluding tert-OH is 1. The van der Waals surface area contributed by atoms with Crippen molar-refractivity contribution in [2.24, 2.45) is 0 Å². The van der Waals surface area contributed by atoms with Crippen LogP contribution in [0.3, 0.4) is 0 Å². The van der Waals surface area contributed by atoms with E-state index >= 15 is 0 Å². The molecule has 110 valence electrons. The van der Waals surface area contributed by atoms with Crippen molar-refractivity contribution in [2.75, 3.05) is 31.5 Å². The van der Waals surface area contributed by atoms with Gasteiger partial charge in [0, 0.05) is 25.5 Å². The Morgan fingerprint density at radius 3 is 3.00 bits per heavy atom. The Hall–Kier alpha value is -1.73. The van der Waals surface area contributed by atoms with Crippen molar-refractivity contribution < 1.29 is 15.0 Å². The summed E-state index contributed by atoms with van der Waals surface area (Å²) < 4.78 is 0. The fourth-order valence-corrected chi connectivity index (χ4v) is 2.37. The van der Waals surface area contributed by atoms with E-state index in [9.17, 15) is 9.90 Å². The lowest BCUT2D eigenvalue weighted by atomic mass is 10.1. The topological polar surface area (TPSA) is 98.6 Å². The zero-order valence-electron chi connectivity index (χ0n) is 11.3. The van der Waals surface area contributed by atoms with Gasteiger partial charge in [-0.05, 0) is 32.4 Å². The maximum Gasteiger partial charge on any atom is 0.358 e. The van der Waals surface area contributed by atoms with Crippen LogP contribution >= 0.6 is 0 Å². The van der Waals surface area contributed by atoms with Crippen LogP contribution in [-0.2, 0) is 0 Å². The van der Waals surface area contributed by atoms with E-state index in [1.807, 2.05) is 0 Å². The van der Waals surface area contributed by atoms with Crippen molar-refractivity contribution in [3.05, 3.63) is 18.1 Å². The van der Waals surface area contributed by atoms with Gasteiger partial charge < -0.3 is 20.4 Å². The number of likely N-dealkylation sites (tertiary alicyclic amines) is 1. The Bertz CT molecular complexity index is 455. The van der Waals surface area contributed by atoms with Gasteiger partial charge in [-0.3, -0.25) is 0 Å². The number of carboxylic acids is 1. The maximum atomic E-state index is 11.0. The summed E-state index contributed by atoms with van der Waals surface area (Å²) in [5.74, 6) is -0.779. The van der Waals surface area contributed by atoms with Crippen LogP contribution in [0.1, 0.15) is 29.8 Å². The average Bonchev–Trinajstić information content (AvgIpc) is 2.44. The third-order valence-electron chi connectivity index (χ3n) is 3.33. The number of hydrogen-bond acceptors (Lipinski definition) is 6. The van der Waals surface area contributed by atoms with Crippen molar-refractivity contribution >= 4 is 11.8 Å². The van der Waals surface area contributed by atoms with Gasteiger partial charge in [0.25, 0.3) is 0 Å². The molecule has 0 bridgehead atoms. The molecule has 1 fully saturated rings. The monoisotopic (exact) mass is 280 g/mol. The van der Waals surface area contributed by atoms with Gasteiger partial charge in [-0.1, -0.05) is 0 Å². The van der Waals surface area contributed by atoms with Gasteiger partial charge in [0.05, 0.1) is 6.10 Å². The number of aromatic nitrogens is 2. The first-order valence-electron chi connectivity index (χ1n) is 6.85. The number of rotatable bonds is 6. The number of nitrogens with one attached hydrogen (secondary N) is 1. The third kappa shape index (κ3) is 4.14. The Balaban J connectivity index is 1.74. The summed E-state index contributed by atoms with van der Waals surface area (Å²) in [6, 6.07) is 0. The maximum absolute atomic E-state index is 11.0. The molecule has 1 aliphatic rings. The minimum absolute atomic E-state index is 0.0547. The van der Waals surface area contributed by atoms with Crippen LogP contribution in [0.4, 0.5) is 5.82 Å². The molecule has 2 rings (SSSR count). The molecule has 1 atom stereocenters. The summed E-state index contributed by atoms with van der Waals surface area (Å²) in [7, 11) is 0. The normalized spacial score (nSPS) is 19.8. The molecule has 7 heteroatoms. The SMILES string of the molecule is O=C(O)c1nccnc1NCCCN1CCCC(O)C1. The Morgan fingerprint density at radius 1 is 1.45 bits per heavy atom. The molecule has 0 saturated carbocycles.